The lowest BCUT2D eigenvalue weighted by atomic mass is 9.81. The van der Waals surface area contributed by atoms with Gasteiger partial charge in [-0.3, -0.25) is 0 Å². The second-order valence-electron chi connectivity index (χ2n) is 7.37. The Kier molecular flexibility index (Phi) is 2.72. The van der Waals surface area contributed by atoms with Crippen LogP contribution in [0.2, 0.25) is 0 Å². The molecule has 1 aliphatic carbocycles. The molecular formula is C17H24O2. The number of rotatable bonds is 0. The van der Waals surface area contributed by atoms with E-state index in [1.54, 1.807) is 0 Å². The number of benzene rings is 1. The SMILES string of the molecule is Cc1ccc2c(c1)[C@@H](O)CC1(CC(C)(C)CC1C)O2. The molecule has 1 aromatic carbocycles. The molecule has 0 amide bonds. The first-order valence-corrected chi connectivity index (χ1v) is 7.29. The van der Waals surface area contributed by atoms with Crippen molar-refractivity contribution in [2.75, 3.05) is 0 Å². The molecule has 2 aliphatic rings. The van der Waals surface area contributed by atoms with E-state index in [1.807, 2.05) is 6.07 Å². The fourth-order valence-electron chi connectivity index (χ4n) is 4.20. The summed E-state index contributed by atoms with van der Waals surface area (Å²) >= 11 is 0. The first kappa shape index (κ1) is 13.0. The highest BCUT2D eigenvalue weighted by molar-refractivity contribution is 5.41. The molecule has 1 N–H and O–H groups in total. The van der Waals surface area contributed by atoms with Crippen molar-refractivity contribution in [2.45, 2.75) is 58.7 Å². The van der Waals surface area contributed by atoms with Crippen LogP contribution in [0.5, 0.6) is 5.75 Å². The Morgan fingerprint density at radius 1 is 1.26 bits per heavy atom. The monoisotopic (exact) mass is 260 g/mol. The standard InChI is InChI=1S/C17H24O2/c1-11-5-6-15-13(7-11)14(18)9-17(19-15)10-16(3,4)8-12(17)2/h5-7,12,14,18H,8-10H2,1-4H3/t12?,14-,17?/m0/s1. The maximum atomic E-state index is 10.5. The van der Waals surface area contributed by atoms with Crippen molar-refractivity contribution >= 4 is 0 Å². The fraction of sp³-hybridized carbons (Fsp3) is 0.647. The Balaban J connectivity index is 1.99. The number of ether oxygens (including phenoxy) is 1. The molecule has 1 aliphatic heterocycles. The Labute approximate surface area is 115 Å². The van der Waals surface area contributed by atoms with Crippen LogP contribution in [0.4, 0.5) is 0 Å². The molecule has 0 radical (unpaired) electrons. The smallest absolute Gasteiger partial charge is 0.125 e. The van der Waals surface area contributed by atoms with Crippen LogP contribution in [0.3, 0.4) is 0 Å². The van der Waals surface area contributed by atoms with Crippen molar-refractivity contribution in [3.63, 3.8) is 0 Å². The van der Waals surface area contributed by atoms with E-state index in [9.17, 15) is 5.11 Å². The van der Waals surface area contributed by atoms with Crippen LogP contribution in [-0.4, -0.2) is 10.7 Å². The van der Waals surface area contributed by atoms with Crippen molar-refractivity contribution in [3.8, 4) is 5.75 Å². The molecular weight excluding hydrogens is 236 g/mol. The number of aliphatic hydroxyl groups excluding tert-OH is 1. The molecule has 104 valence electrons. The zero-order valence-electron chi connectivity index (χ0n) is 12.4. The summed E-state index contributed by atoms with van der Waals surface area (Å²) in [6.07, 6.45) is 2.54. The number of aryl methyl sites for hydroxylation is 1. The average molecular weight is 260 g/mol. The van der Waals surface area contributed by atoms with Gasteiger partial charge in [-0.2, -0.15) is 0 Å². The molecule has 19 heavy (non-hydrogen) atoms. The third-order valence-corrected chi connectivity index (χ3v) is 4.91. The first-order chi connectivity index (χ1) is 8.81. The Morgan fingerprint density at radius 2 is 2.00 bits per heavy atom. The minimum absolute atomic E-state index is 0.175. The molecule has 2 nitrogen and oxygen atoms in total. The highest BCUT2D eigenvalue weighted by Crippen LogP contribution is 2.55. The van der Waals surface area contributed by atoms with Gasteiger partial charge in [-0.1, -0.05) is 32.4 Å². The zero-order valence-corrected chi connectivity index (χ0v) is 12.4. The van der Waals surface area contributed by atoms with Gasteiger partial charge >= 0.3 is 0 Å². The lowest BCUT2D eigenvalue weighted by Gasteiger charge is -2.41. The van der Waals surface area contributed by atoms with E-state index >= 15 is 0 Å². The van der Waals surface area contributed by atoms with E-state index in [0.29, 0.717) is 11.3 Å². The Morgan fingerprint density at radius 3 is 2.63 bits per heavy atom. The molecule has 1 saturated carbocycles. The summed E-state index contributed by atoms with van der Waals surface area (Å²) in [7, 11) is 0. The van der Waals surface area contributed by atoms with Gasteiger partial charge in [0.25, 0.3) is 0 Å². The summed E-state index contributed by atoms with van der Waals surface area (Å²) in [6.45, 7) is 8.93. The maximum absolute atomic E-state index is 10.5. The van der Waals surface area contributed by atoms with Crippen molar-refractivity contribution in [1.29, 1.82) is 0 Å². The van der Waals surface area contributed by atoms with E-state index in [2.05, 4.69) is 39.8 Å². The van der Waals surface area contributed by atoms with Gasteiger partial charge in [0.05, 0.1) is 6.10 Å². The van der Waals surface area contributed by atoms with E-state index < -0.39 is 0 Å². The van der Waals surface area contributed by atoms with Crippen LogP contribution in [0.25, 0.3) is 0 Å². The third-order valence-electron chi connectivity index (χ3n) is 4.91. The van der Waals surface area contributed by atoms with Crippen LogP contribution in [0, 0.1) is 18.3 Å². The van der Waals surface area contributed by atoms with Crippen LogP contribution in [0.1, 0.15) is 57.3 Å². The lowest BCUT2D eigenvalue weighted by Crippen LogP contribution is -2.43. The highest BCUT2D eigenvalue weighted by atomic mass is 16.5. The molecule has 1 heterocycles. The van der Waals surface area contributed by atoms with Crippen LogP contribution < -0.4 is 4.74 Å². The van der Waals surface area contributed by atoms with Gasteiger partial charge in [-0.25, -0.2) is 0 Å². The average Bonchev–Trinajstić information content (AvgIpc) is 2.49. The fourth-order valence-corrected chi connectivity index (χ4v) is 4.20. The molecule has 0 aromatic heterocycles. The molecule has 0 bridgehead atoms. The van der Waals surface area contributed by atoms with Gasteiger partial charge < -0.3 is 9.84 Å². The minimum atomic E-state index is -0.389. The number of fused-ring (bicyclic) bond motifs is 1. The van der Waals surface area contributed by atoms with Gasteiger partial charge in [0.15, 0.2) is 0 Å². The Hall–Kier alpha value is -1.02. The summed E-state index contributed by atoms with van der Waals surface area (Å²) in [5, 5.41) is 10.5. The van der Waals surface area contributed by atoms with Crippen molar-refractivity contribution in [1.82, 2.24) is 0 Å². The molecule has 1 fully saturated rings. The summed E-state index contributed by atoms with van der Waals surface area (Å²) in [6, 6.07) is 6.14. The van der Waals surface area contributed by atoms with Gasteiger partial charge in [0.2, 0.25) is 0 Å². The molecule has 1 spiro atoms. The second kappa shape index (κ2) is 3.99. The summed E-state index contributed by atoms with van der Waals surface area (Å²) in [5.74, 6) is 1.38. The molecule has 2 unspecified atom stereocenters. The predicted octanol–water partition coefficient (Wildman–Crippen LogP) is 4.01. The van der Waals surface area contributed by atoms with Gasteiger partial charge in [0.1, 0.15) is 11.4 Å². The highest BCUT2D eigenvalue weighted by Gasteiger charge is 2.53. The van der Waals surface area contributed by atoms with Crippen molar-refractivity contribution in [2.24, 2.45) is 11.3 Å². The van der Waals surface area contributed by atoms with Gasteiger partial charge in [0, 0.05) is 12.0 Å². The molecule has 3 rings (SSSR count). The van der Waals surface area contributed by atoms with Crippen molar-refractivity contribution in [3.05, 3.63) is 29.3 Å². The van der Waals surface area contributed by atoms with Gasteiger partial charge in [-0.05, 0) is 43.2 Å². The van der Waals surface area contributed by atoms with E-state index in [0.717, 1.165) is 24.2 Å². The van der Waals surface area contributed by atoms with Crippen LogP contribution in [-0.2, 0) is 0 Å². The largest absolute Gasteiger partial charge is 0.486 e. The predicted molar refractivity (Wildman–Crippen MR) is 76.3 cm³/mol. The third kappa shape index (κ3) is 2.06. The number of hydrogen-bond acceptors (Lipinski definition) is 2. The second-order valence-corrected chi connectivity index (χ2v) is 7.37. The summed E-state index contributed by atoms with van der Waals surface area (Å²) in [4.78, 5) is 0. The maximum Gasteiger partial charge on any atom is 0.125 e. The zero-order chi connectivity index (χ0) is 13.8. The lowest BCUT2D eigenvalue weighted by molar-refractivity contribution is -0.0392. The number of hydrogen-bond donors (Lipinski definition) is 1. The summed E-state index contributed by atoms with van der Waals surface area (Å²) in [5.41, 5.74) is 2.27. The quantitative estimate of drug-likeness (QED) is 0.764. The van der Waals surface area contributed by atoms with E-state index in [1.165, 1.54) is 12.0 Å². The summed E-state index contributed by atoms with van der Waals surface area (Å²) < 4.78 is 6.39. The normalized spacial score (nSPS) is 36.1. The topological polar surface area (TPSA) is 29.5 Å². The number of aliphatic hydroxyl groups is 1. The Bertz CT molecular complexity index is 506. The van der Waals surface area contributed by atoms with Crippen LogP contribution >= 0.6 is 0 Å². The van der Waals surface area contributed by atoms with E-state index in [4.69, 9.17) is 4.74 Å². The molecule has 2 heteroatoms. The first-order valence-electron chi connectivity index (χ1n) is 7.29. The molecule has 3 atom stereocenters. The minimum Gasteiger partial charge on any atom is -0.486 e. The molecule has 1 aromatic rings. The van der Waals surface area contributed by atoms with Gasteiger partial charge in [-0.15, -0.1) is 0 Å². The van der Waals surface area contributed by atoms with Crippen LogP contribution in [0.15, 0.2) is 18.2 Å². The molecule has 0 saturated heterocycles. The van der Waals surface area contributed by atoms with E-state index in [-0.39, 0.29) is 11.7 Å². The van der Waals surface area contributed by atoms with Crippen molar-refractivity contribution < 1.29 is 9.84 Å².